The summed E-state index contributed by atoms with van der Waals surface area (Å²) in [5, 5.41) is 7.49. The Labute approximate surface area is 117 Å². The molecule has 3 rings (SSSR count). The van der Waals surface area contributed by atoms with E-state index in [-0.39, 0.29) is 0 Å². The molecule has 0 spiro atoms. The van der Waals surface area contributed by atoms with Crippen molar-refractivity contribution in [3.05, 3.63) is 30.1 Å². The van der Waals surface area contributed by atoms with Crippen LogP contribution in [0.5, 0.6) is 0 Å². The van der Waals surface area contributed by atoms with Crippen LogP contribution in [0.25, 0.3) is 11.5 Å². The first-order chi connectivity index (χ1) is 9.36. The second-order valence-corrected chi connectivity index (χ2v) is 5.59. The molecule has 0 unspecified atom stereocenters. The van der Waals surface area contributed by atoms with Crippen LogP contribution >= 0.6 is 11.8 Å². The van der Waals surface area contributed by atoms with Crippen LogP contribution in [0.3, 0.4) is 0 Å². The summed E-state index contributed by atoms with van der Waals surface area (Å²) < 4.78 is 5.39. The highest BCUT2D eigenvalue weighted by molar-refractivity contribution is 7.98. The highest BCUT2D eigenvalue weighted by atomic mass is 32.2. The first kappa shape index (κ1) is 12.7. The van der Waals surface area contributed by atoms with Crippen LogP contribution in [-0.4, -0.2) is 29.5 Å². The van der Waals surface area contributed by atoms with Gasteiger partial charge in [-0.1, -0.05) is 5.16 Å². The molecular formula is C14H17N3OS. The first-order valence-electron chi connectivity index (χ1n) is 6.55. The Hall–Kier alpha value is -1.33. The third kappa shape index (κ3) is 2.82. The van der Waals surface area contributed by atoms with Crippen LogP contribution in [0.1, 0.15) is 24.6 Å². The van der Waals surface area contributed by atoms with Crippen molar-refractivity contribution < 1.29 is 4.52 Å². The van der Waals surface area contributed by atoms with Gasteiger partial charge in [0.25, 0.3) is 5.89 Å². The molecule has 0 radical (unpaired) electrons. The molecule has 1 N–H and O–H groups in total. The van der Waals surface area contributed by atoms with Gasteiger partial charge < -0.3 is 9.84 Å². The van der Waals surface area contributed by atoms with Gasteiger partial charge in [-0.3, -0.25) is 0 Å². The predicted molar refractivity (Wildman–Crippen MR) is 76.4 cm³/mol. The van der Waals surface area contributed by atoms with Crippen molar-refractivity contribution in [3.8, 4) is 11.5 Å². The topological polar surface area (TPSA) is 51.0 Å². The molecule has 2 heterocycles. The van der Waals surface area contributed by atoms with E-state index in [4.69, 9.17) is 4.52 Å². The van der Waals surface area contributed by atoms with Crippen LogP contribution in [0, 0.1) is 0 Å². The molecule has 1 aromatic carbocycles. The molecule has 0 aliphatic carbocycles. The quantitative estimate of drug-likeness (QED) is 0.873. The lowest BCUT2D eigenvalue weighted by molar-refractivity contribution is 0.392. The number of benzene rings is 1. The van der Waals surface area contributed by atoms with Crippen LogP contribution in [0.2, 0.25) is 0 Å². The minimum Gasteiger partial charge on any atom is -0.334 e. The summed E-state index contributed by atoms with van der Waals surface area (Å²) in [6.45, 7) is 2.08. The zero-order valence-corrected chi connectivity index (χ0v) is 11.7. The zero-order chi connectivity index (χ0) is 13.1. The molecule has 100 valence electrons. The maximum absolute atomic E-state index is 5.39. The molecule has 1 saturated heterocycles. The molecule has 5 heteroatoms. The number of piperidine rings is 1. The van der Waals surface area contributed by atoms with E-state index < -0.39 is 0 Å². The van der Waals surface area contributed by atoms with Gasteiger partial charge in [0.2, 0.25) is 0 Å². The summed E-state index contributed by atoms with van der Waals surface area (Å²) in [6.07, 6.45) is 4.24. The van der Waals surface area contributed by atoms with Crippen molar-refractivity contribution in [1.82, 2.24) is 15.5 Å². The van der Waals surface area contributed by atoms with Crippen molar-refractivity contribution in [2.45, 2.75) is 23.7 Å². The van der Waals surface area contributed by atoms with E-state index in [9.17, 15) is 0 Å². The van der Waals surface area contributed by atoms with Crippen LogP contribution in [0.15, 0.2) is 33.7 Å². The van der Waals surface area contributed by atoms with Crippen molar-refractivity contribution in [2.75, 3.05) is 19.3 Å². The largest absolute Gasteiger partial charge is 0.334 e. The number of thioether (sulfide) groups is 1. The molecule has 2 aromatic rings. The molecule has 0 bridgehead atoms. The minimum atomic E-state index is 0.434. The SMILES string of the molecule is CSc1ccc(-c2nc(C3CCNCC3)no2)cc1. The highest BCUT2D eigenvalue weighted by Gasteiger charge is 2.21. The van der Waals surface area contributed by atoms with Crippen LogP contribution in [0.4, 0.5) is 0 Å². The fraction of sp³-hybridized carbons (Fsp3) is 0.429. The van der Waals surface area contributed by atoms with Crippen molar-refractivity contribution in [2.24, 2.45) is 0 Å². The summed E-state index contributed by atoms with van der Waals surface area (Å²) in [5.74, 6) is 1.91. The van der Waals surface area contributed by atoms with Gasteiger partial charge in [0.05, 0.1) is 0 Å². The lowest BCUT2D eigenvalue weighted by atomic mass is 9.98. The van der Waals surface area contributed by atoms with E-state index >= 15 is 0 Å². The minimum absolute atomic E-state index is 0.434. The smallest absolute Gasteiger partial charge is 0.257 e. The predicted octanol–water partition coefficient (Wildman–Crippen LogP) is 2.93. The highest BCUT2D eigenvalue weighted by Crippen LogP contribution is 2.26. The number of hydrogen-bond acceptors (Lipinski definition) is 5. The third-order valence-corrected chi connectivity index (χ3v) is 4.23. The molecule has 0 amide bonds. The Balaban J connectivity index is 1.79. The Morgan fingerprint density at radius 1 is 1.21 bits per heavy atom. The molecule has 1 fully saturated rings. The van der Waals surface area contributed by atoms with E-state index in [1.807, 2.05) is 12.1 Å². The van der Waals surface area contributed by atoms with Crippen molar-refractivity contribution in [1.29, 1.82) is 0 Å². The third-order valence-electron chi connectivity index (χ3n) is 3.48. The van der Waals surface area contributed by atoms with E-state index in [2.05, 4.69) is 33.8 Å². The molecule has 0 atom stereocenters. The van der Waals surface area contributed by atoms with Gasteiger partial charge in [0.15, 0.2) is 5.82 Å². The molecule has 0 saturated carbocycles. The van der Waals surface area contributed by atoms with E-state index in [1.54, 1.807) is 11.8 Å². The number of nitrogens with zero attached hydrogens (tertiary/aromatic N) is 2. The Morgan fingerprint density at radius 2 is 1.95 bits per heavy atom. The number of nitrogens with one attached hydrogen (secondary N) is 1. The normalized spacial score (nSPS) is 16.7. The molecule has 1 aliphatic heterocycles. The fourth-order valence-corrected chi connectivity index (χ4v) is 2.74. The Morgan fingerprint density at radius 3 is 2.63 bits per heavy atom. The van der Waals surface area contributed by atoms with Gasteiger partial charge >= 0.3 is 0 Å². The first-order valence-corrected chi connectivity index (χ1v) is 7.78. The monoisotopic (exact) mass is 275 g/mol. The van der Waals surface area contributed by atoms with Gasteiger partial charge in [-0.05, 0) is 56.5 Å². The summed E-state index contributed by atoms with van der Waals surface area (Å²) in [5.41, 5.74) is 0.991. The van der Waals surface area contributed by atoms with E-state index in [0.29, 0.717) is 11.8 Å². The molecule has 19 heavy (non-hydrogen) atoms. The number of hydrogen-bond donors (Lipinski definition) is 1. The van der Waals surface area contributed by atoms with E-state index in [0.717, 1.165) is 37.3 Å². The average molecular weight is 275 g/mol. The fourth-order valence-electron chi connectivity index (χ4n) is 2.33. The zero-order valence-electron chi connectivity index (χ0n) is 10.9. The molecule has 4 nitrogen and oxygen atoms in total. The van der Waals surface area contributed by atoms with Gasteiger partial charge in [-0.2, -0.15) is 4.98 Å². The standard InChI is InChI=1S/C14H17N3OS/c1-19-12-4-2-11(3-5-12)14-16-13(17-18-14)10-6-8-15-9-7-10/h2-5,10,15H,6-9H2,1H3. The second-order valence-electron chi connectivity index (χ2n) is 4.71. The molecule has 1 aromatic heterocycles. The van der Waals surface area contributed by atoms with Crippen molar-refractivity contribution >= 4 is 11.8 Å². The summed E-state index contributed by atoms with van der Waals surface area (Å²) in [6, 6.07) is 8.22. The van der Waals surface area contributed by atoms with Crippen LogP contribution < -0.4 is 5.32 Å². The van der Waals surface area contributed by atoms with Gasteiger partial charge in [0.1, 0.15) is 0 Å². The second kappa shape index (κ2) is 5.75. The average Bonchev–Trinajstić information content (AvgIpc) is 2.98. The number of rotatable bonds is 3. The lowest BCUT2D eigenvalue weighted by Gasteiger charge is -2.18. The molecular weight excluding hydrogens is 258 g/mol. The summed E-state index contributed by atoms with van der Waals surface area (Å²) in [7, 11) is 0. The maximum atomic E-state index is 5.39. The van der Waals surface area contributed by atoms with Crippen molar-refractivity contribution in [3.63, 3.8) is 0 Å². The van der Waals surface area contributed by atoms with Gasteiger partial charge in [0, 0.05) is 16.4 Å². The number of aromatic nitrogens is 2. The van der Waals surface area contributed by atoms with E-state index in [1.165, 1.54) is 4.90 Å². The summed E-state index contributed by atoms with van der Waals surface area (Å²) >= 11 is 1.73. The molecule has 1 aliphatic rings. The maximum Gasteiger partial charge on any atom is 0.257 e. The van der Waals surface area contributed by atoms with Gasteiger partial charge in [-0.25, -0.2) is 0 Å². The van der Waals surface area contributed by atoms with Gasteiger partial charge in [-0.15, -0.1) is 11.8 Å². The summed E-state index contributed by atoms with van der Waals surface area (Å²) in [4.78, 5) is 5.79. The van der Waals surface area contributed by atoms with Crippen LogP contribution in [-0.2, 0) is 0 Å². The lowest BCUT2D eigenvalue weighted by Crippen LogP contribution is -2.27. The Bertz CT molecular complexity index is 532. The Kier molecular flexibility index (Phi) is 3.84.